The number of aliphatic imine (C=N–C) groups is 1. The molecule has 1 aliphatic carbocycles. The van der Waals surface area contributed by atoms with Gasteiger partial charge < -0.3 is 15.5 Å². The van der Waals surface area contributed by atoms with Crippen LogP contribution < -0.4 is 15.5 Å². The van der Waals surface area contributed by atoms with Crippen LogP contribution in [0, 0.1) is 5.82 Å². The minimum atomic E-state index is -0.170. The third kappa shape index (κ3) is 6.53. The van der Waals surface area contributed by atoms with Gasteiger partial charge >= 0.3 is 0 Å². The standard InChI is InChI=1S/C17H27FN4.HI/c1-19-17(21-14-8-3-4-9-14)20-12-7-13-22(2)16-11-6-5-10-15(16)18;/h5-6,10-11,14H,3-4,7-9,12-13H2,1-2H3,(H2,19,20,21);1H. The van der Waals surface area contributed by atoms with Crippen LogP contribution in [0.1, 0.15) is 32.1 Å². The predicted octanol–water partition coefficient (Wildman–Crippen LogP) is 3.38. The highest BCUT2D eigenvalue weighted by Crippen LogP contribution is 2.18. The van der Waals surface area contributed by atoms with Crippen LogP contribution in [0.15, 0.2) is 29.3 Å². The Hall–Kier alpha value is -1.05. The fourth-order valence-electron chi connectivity index (χ4n) is 2.86. The molecule has 0 saturated heterocycles. The Labute approximate surface area is 156 Å². The van der Waals surface area contributed by atoms with E-state index in [9.17, 15) is 4.39 Å². The van der Waals surface area contributed by atoms with E-state index in [1.54, 1.807) is 13.1 Å². The van der Waals surface area contributed by atoms with Gasteiger partial charge in [0.05, 0.1) is 5.69 Å². The van der Waals surface area contributed by atoms with Crippen molar-refractivity contribution >= 4 is 35.6 Å². The number of guanidine groups is 1. The van der Waals surface area contributed by atoms with E-state index >= 15 is 0 Å². The van der Waals surface area contributed by atoms with Crippen molar-refractivity contribution in [2.24, 2.45) is 4.99 Å². The molecule has 0 atom stereocenters. The molecule has 130 valence electrons. The summed E-state index contributed by atoms with van der Waals surface area (Å²) in [6.07, 6.45) is 6.01. The summed E-state index contributed by atoms with van der Waals surface area (Å²) in [5.74, 6) is 0.706. The molecule has 0 spiro atoms. The van der Waals surface area contributed by atoms with Gasteiger partial charge in [-0.05, 0) is 31.4 Å². The Morgan fingerprint density at radius 3 is 2.65 bits per heavy atom. The molecule has 1 saturated carbocycles. The third-order valence-corrected chi connectivity index (χ3v) is 4.15. The summed E-state index contributed by atoms with van der Waals surface area (Å²) >= 11 is 0. The SMILES string of the molecule is CN=C(NCCCN(C)c1ccccc1F)NC1CCCC1.I. The molecule has 0 radical (unpaired) electrons. The zero-order valence-corrected chi connectivity index (χ0v) is 16.3. The van der Waals surface area contributed by atoms with Crippen LogP contribution in [0.2, 0.25) is 0 Å². The molecule has 1 aromatic carbocycles. The summed E-state index contributed by atoms with van der Waals surface area (Å²) in [6, 6.07) is 7.45. The molecule has 1 fully saturated rings. The Bertz CT molecular complexity index is 489. The lowest BCUT2D eigenvalue weighted by molar-refractivity contribution is 0.606. The summed E-state index contributed by atoms with van der Waals surface area (Å²) in [5, 5.41) is 6.80. The summed E-state index contributed by atoms with van der Waals surface area (Å²) in [5.41, 5.74) is 0.649. The zero-order valence-electron chi connectivity index (χ0n) is 14.0. The third-order valence-electron chi connectivity index (χ3n) is 4.15. The van der Waals surface area contributed by atoms with Crippen LogP contribution in [0.4, 0.5) is 10.1 Å². The van der Waals surface area contributed by atoms with E-state index in [0.717, 1.165) is 25.5 Å². The molecule has 1 aliphatic rings. The van der Waals surface area contributed by atoms with E-state index in [4.69, 9.17) is 0 Å². The number of halogens is 2. The molecule has 0 amide bonds. The van der Waals surface area contributed by atoms with Crippen molar-refractivity contribution in [1.82, 2.24) is 10.6 Å². The quantitative estimate of drug-likeness (QED) is 0.312. The first kappa shape index (κ1) is 20.0. The maximum absolute atomic E-state index is 13.7. The number of para-hydroxylation sites is 1. The predicted molar refractivity (Wildman–Crippen MR) is 106 cm³/mol. The molecule has 2 N–H and O–H groups in total. The molecule has 6 heteroatoms. The lowest BCUT2D eigenvalue weighted by Crippen LogP contribution is -2.43. The summed E-state index contributed by atoms with van der Waals surface area (Å²) in [4.78, 5) is 6.21. The highest BCUT2D eigenvalue weighted by atomic mass is 127. The fraction of sp³-hybridized carbons (Fsp3) is 0.588. The van der Waals surface area contributed by atoms with E-state index in [-0.39, 0.29) is 29.8 Å². The zero-order chi connectivity index (χ0) is 15.8. The highest BCUT2D eigenvalue weighted by molar-refractivity contribution is 14.0. The molecule has 4 nitrogen and oxygen atoms in total. The fourth-order valence-corrected chi connectivity index (χ4v) is 2.86. The maximum atomic E-state index is 13.7. The van der Waals surface area contributed by atoms with E-state index in [2.05, 4.69) is 15.6 Å². The van der Waals surface area contributed by atoms with E-state index in [0.29, 0.717) is 11.7 Å². The average molecular weight is 434 g/mol. The van der Waals surface area contributed by atoms with Crippen LogP contribution in [0.5, 0.6) is 0 Å². The van der Waals surface area contributed by atoms with Crippen LogP contribution in [-0.2, 0) is 0 Å². The van der Waals surface area contributed by atoms with E-state index < -0.39 is 0 Å². The van der Waals surface area contributed by atoms with Crippen molar-refractivity contribution in [3.63, 3.8) is 0 Å². The van der Waals surface area contributed by atoms with Gasteiger partial charge in [-0.3, -0.25) is 4.99 Å². The molecule has 0 heterocycles. The minimum absolute atomic E-state index is 0. The van der Waals surface area contributed by atoms with Crippen molar-refractivity contribution in [2.75, 3.05) is 32.1 Å². The average Bonchev–Trinajstić information content (AvgIpc) is 3.03. The molecule has 0 bridgehead atoms. The maximum Gasteiger partial charge on any atom is 0.191 e. The van der Waals surface area contributed by atoms with Gasteiger partial charge in [0.1, 0.15) is 5.82 Å². The van der Waals surface area contributed by atoms with Crippen molar-refractivity contribution in [2.45, 2.75) is 38.1 Å². The van der Waals surface area contributed by atoms with Crippen LogP contribution >= 0.6 is 24.0 Å². The van der Waals surface area contributed by atoms with Gasteiger partial charge in [0.25, 0.3) is 0 Å². The lowest BCUT2D eigenvalue weighted by Gasteiger charge is -2.21. The molecular formula is C17H28FIN4. The Morgan fingerprint density at radius 1 is 1.30 bits per heavy atom. The highest BCUT2D eigenvalue weighted by Gasteiger charge is 2.15. The Balaban J connectivity index is 0.00000264. The van der Waals surface area contributed by atoms with Crippen LogP contribution in [-0.4, -0.2) is 39.2 Å². The number of anilines is 1. The van der Waals surface area contributed by atoms with Crippen molar-refractivity contribution in [3.8, 4) is 0 Å². The number of nitrogens with one attached hydrogen (secondary N) is 2. The smallest absolute Gasteiger partial charge is 0.191 e. The van der Waals surface area contributed by atoms with Crippen molar-refractivity contribution in [1.29, 1.82) is 0 Å². The van der Waals surface area contributed by atoms with Crippen LogP contribution in [0.3, 0.4) is 0 Å². The molecule has 0 aliphatic heterocycles. The molecule has 1 aromatic rings. The van der Waals surface area contributed by atoms with Gasteiger partial charge in [-0.1, -0.05) is 25.0 Å². The first-order valence-electron chi connectivity index (χ1n) is 8.13. The second kappa shape index (κ2) is 10.7. The van der Waals surface area contributed by atoms with Gasteiger partial charge in [0.15, 0.2) is 5.96 Å². The lowest BCUT2D eigenvalue weighted by atomic mass is 10.2. The van der Waals surface area contributed by atoms with Gasteiger partial charge in [-0.2, -0.15) is 0 Å². The van der Waals surface area contributed by atoms with Gasteiger partial charge in [-0.15, -0.1) is 24.0 Å². The Morgan fingerprint density at radius 2 is 2.00 bits per heavy atom. The molecule has 0 aromatic heterocycles. The normalized spacial score (nSPS) is 15.2. The number of hydrogen-bond acceptors (Lipinski definition) is 2. The summed E-state index contributed by atoms with van der Waals surface area (Å²) in [7, 11) is 3.72. The topological polar surface area (TPSA) is 39.7 Å². The van der Waals surface area contributed by atoms with Gasteiger partial charge in [-0.25, -0.2) is 4.39 Å². The number of rotatable bonds is 6. The molecule has 2 rings (SSSR count). The Kier molecular flexibility index (Phi) is 9.28. The number of benzene rings is 1. The number of nitrogens with zero attached hydrogens (tertiary/aromatic N) is 2. The summed E-state index contributed by atoms with van der Waals surface area (Å²) < 4.78 is 13.7. The largest absolute Gasteiger partial charge is 0.372 e. The van der Waals surface area contributed by atoms with Crippen molar-refractivity contribution < 1.29 is 4.39 Å². The minimum Gasteiger partial charge on any atom is -0.372 e. The molecule has 0 unspecified atom stereocenters. The second-order valence-corrected chi connectivity index (χ2v) is 5.85. The van der Waals surface area contributed by atoms with Crippen LogP contribution in [0.25, 0.3) is 0 Å². The first-order valence-corrected chi connectivity index (χ1v) is 8.13. The van der Waals surface area contributed by atoms with Gasteiger partial charge in [0, 0.05) is 33.2 Å². The number of hydrogen-bond donors (Lipinski definition) is 2. The molecule has 23 heavy (non-hydrogen) atoms. The molecular weight excluding hydrogens is 406 g/mol. The monoisotopic (exact) mass is 434 g/mol. The van der Waals surface area contributed by atoms with E-state index in [1.165, 1.54) is 31.7 Å². The summed E-state index contributed by atoms with van der Waals surface area (Å²) in [6.45, 7) is 1.62. The first-order chi connectivity index (χ1) is 10.7. The van der Waals surface area contributed by atoms with E-state index in [1.807, 2.05) is 24.1 Å². The van der Waals surface area contributed by atoms with Gasteiger partial charge in [0.2, 0.25) is 0 Å². The van der Waals surface area contributed by atoms with Crippen molar-refractivity contribution in [3.05, 3.63) is 30.1 Å². The second-order valence-electron chi connectivity index (χ2n) is 5.85.